The normalized spacial score (nSPS) is 10.8. The molecule has 4 nitrogen and oxygen atoms in total. The Morgan fingerprint density at radius 2 is 1.94 bits per heavy atom. The van der Waals surface area contributed by atoms with Crippen LogP contribution in [0.1, 0.15) is 13.3 Å². The monoisotopic (exact) mass is 274 g/mol. The van der Waals surface area contributed by atoms with Crippen molar-refractivity contribution in [2.24, 2.45) is 0 Å². The second-order valence-electron chi connectivity index (χ2n) is 3.38. The van der Waals surface area contributed by atoms with E-state index in [1.54, 1.807) is 16.9 Å². The second kappa shape index (κ2) is 4.98. The van der Waals surface area contributed by atoms with Gasteiger partial charge in [0.2, 0.25) is 0 Å². The van der Waals surface area contributed by atoms with Gasteiger partial charge in [-0.05, 0) is 12.5 Å². The maximum absolute atomic E-state index is 13.2. The third-order valence-electron chi connectivity index (χ3n) is 2.15. The first-order valence-electron chi connectivity index (χ1n) is 5.04. The number of aromatic nitrogens is 4. The van der Waals surface area contributed by atoms with Gasteiger partial charge in [0.25, 0.3) is 0 Å². The Morgan fingerprint density at radius 3 is 2.53 bits per heavy atom. The zero-order valence-electron chi connectivity index (χ0n) is 8.99. The van der Waals surface area contributed by atoms with Crippen LogP contribution in [0.5, 0.6) is 0 Å². The van der Waals surface area contributed by atoms with Crippen LogP contribution in [0.3, 0.4) is 0 Å². The Hall–Kier alpha value is -1.20. The molecule has 7 heteroatoms. The number of aryl methyl sites for hydroxylation is 1. The first-order chi connectivity index (χ1) is 8.13. The van der Waals surface area contributed by atoms with Gasteiger partial charge >= 0.3 is 0 Å². The summed E-state index contributed by atoms with van der Waals surface area (Å²) in [5, 5.41) is 3.55. The molecule has 0 spiro atoms. The smallest absolute Gasteiger partial charge is 0.197 e. The molecule has 2 aromatic rings. The molecule has 0 unspecified atom stereocenters. The van der Waals surface area contributed by atoms with E-state index in [1.165, 1.54) is 0 Å². The van der Waals surface area contributed by atoms with Crippen molar-refractivity contribution in [2.75, 3.05) is 0 Å². The lowest BCUT2D eigenvalue weighted by Crippen LogP contribution is -2.04. The first-order valence-corrected chi connectivity index (χ1v) is 5.79. The summed E-state index contributed by atoms with van der Waals surface area (Å²) in [5.41, 5.74) is 0.663. The standard InChI is InChI=1S/C10H9Cl2FN4/c1-2-5-17-6(3-4-14-17)10-15-8(11)7(13)9(12)16-10/h3-4H,2,5H2,1H3. The lowest BCUT2D eigenvalue weighted by atomic mass is 10.3. The maximum Gasteiger partial charge on any atom is 0.197 e. The Kier molecular flexibility index (Phi) is 3.59. The molecule has 0 fully saturated rings. The van der Waals surface area contributed by atoms with Crippen LogP contribution in [0.25, 0.3) is 11.5 Å². The predicted molar refractivity (Wildman–Crippen MR) is 63.5 cm³/mol. The Balaban J connectivity index is 2.49. The summed E-state index contributed by atoms with van der Waals surface area (Å²) < 4.78 is 14.9. The molecule has 2 heterocycles. The highest BCUT2D eigenvalue weighted by Gasteiger charge is 2.14. The minimum Gasteiger partial charge on any atom is -0.262 e. The molecule has 0 atom stereocenters. The van der Waals surface area contributed by atoms with Crippen molar-refractivity contribution in [3.63, 3.8) is 0 Å². The highest BCUT2D eigenvalue weighted by atomic mass is 35.5. The summed E-state index contributed by atoms with van der Waals surface area (Å²) in [6, 6.07) is 1.73. The van der Waals surface area contributed by atoms with Crippen molar-refractivity contribution < 1.29 is 4.39 Å². The van der Waals surface area contributed by atoms with Crippen molar-refractivity contribution in [1.29, 1.82) is 0 Å². The summed E-state index contributed by atoms with van der Waals surface area (Å²) >= 11 is 11.3. The fourth-order valence-electron chi connectivity index (χ4n) is 1.42. The van der Waals surface area contributed by atoms with Gasteiger partial charge in [-0.25, -0.2) is 14.4 Å². The van der Waals surface area contributed by atoms with Gasteiger partial charge in [0.05, 0.1) is 0 Å². The number of hydrogen-bond donors (Lipinski definition) is 0. The third kappa shape index (κ3) is 2.40. The second-order valence-corrected chi connectivity index (χ2v) is 4.10. The first kappa shape index (κ1) is 12.3. The zero-order chi connectivity index (χ0) is 12.4. The maximum atomic E-state index is 13.2. The molecule has 0 aliphatic carbocycles. The lowest BCUT2D eigenvalue weighted by molar-refractivity contribution is 0.601. The Labute approximate surface area is 107 Å². The van der Waals surface area contributed by atoms with E-state index >= 15 is 0 Å². The quantitative estimate of drug-likeness (QED) is 0.808. The van der Waals surface area contributed by atoms with Crippen LogP contribution in [0, 0.1) is 5.82 Å². The van der Waals surface area contributed by atoms with E-state index in [2.05, 4.69) is 15.1 Å². The SMILES string of the molecule is CCCn1nccc1-c1nc(Cl)c(F)c(Cl)n1. The average Bonchev–Trinajstić information content (AvgIpc) is 2.74. The Morgan fingerprint density at radius 1 is 1.29 bits per heavy atom. The summed E-state index contributed by atoms with van der Waals surface area (Å²) in [6.07, 6.45) is 2.54. The molecule has 0 bridgehead atoms. The van der Waals surface area contributed by atoms with Crippen LogP contribution in [-0.4, -0.2) is 19.7 Å². The van der Waals surface area contributed by atoms with Crippen LogP contribution in [0.4, 0.5) is 4.39 Å². The summed E-state index contributed by atoms with van der Waals surface area (Å²) in [4.78, 5) is 7.71. The topological polar surface area (TPSA) is 43.6 Å². The third-order valence-corrected chi connectivity index (χ3v) is 2.65. The van der Waals surface area contributed by atoms with Crippen LogP contribution in [-0.2, 0) is 6.54 Å². The van der Waals surface area contributed by atoms with Gasteiger partial charge in [0.15, 0.2) is 21.9 Å². The molecule has 2 aromatic heterocycles. The number of halogens is 3. The van der Waals surface area contributed by atoms with Gasteiger partial charge in [0, 0.05) is 12.7 Å². The lowest BCUT2D eigenvalue weighted by Gasteiger charge is -2.05. The highest BCUT2D eigenvalue weighted by molar-refractivity contribution is 6.33. The molecule has 0 N–H and O–H groups in total. The minimum atomic E-state index is -0.807. The number of nitrogens with zero attached hydrogens (tertiary/aromatic N) is 4. The molecule has 0 aliphatic rings. The molecular weight excluding hydrogens is 266 g/mol. The summed E-state index contributed by atoms with van der Waals surface area (Å²) in [5.74, 6) is -0.536. The molecule has 0 aromatic carbocycles. The summed E-state index contributed by atoms with van der Waals surface area (Å²) in [6.45, 7) is 2.75. The van der Waals surface area contributed by atoms with Crippen molar-refractivity contribution in [1.82, 2.24) is 19.7 Å². The van der Waals surface area contributed by atoms with Gasteiger partial charge < -0.3 is 0 Å². The number of rotatable bonds is 3. The molecule has 0 radical (unpaired) electrons. The van der Waals surface area contributed by atoms with Crippen molar-refractivity contribution in [2.45, 2.75) is 19.9 Å². The molecule has 2 rings (SSSR count). The summed E-state index contributed by atoms with van der Waals surface area (Å²) in [7, 11) is 0. The van der Waals surface area contributed by atoms with E-state index in [4.69, 9.17) is 23.2 Å². The van der Waals surface area contributed by atoms with E-state index < -0.39 is 5.82 Å². The molecule has 17 heavy (non-hydrogen) atoms. The fraction of sp³-hybridized carbons (Fsp3) is 0.300. The van der Waals surface area contributed by atoms with Gasteiger partial charge in [-0.1, -0.05) is 30.1 Å². The van der Waals surface area contributed by atoms with E-state index in [0.717, 1.165) is 13.0 Å². The highest BCUT2D eigenvalue weighted by Crippen LogP contribution is 2.23. The number of hydrogen-bond acceptors (Lipinski definition) is 3. The zero-order valence-corrected chi connectivity index (χ0v) is 10.5. The van der Waals surface area contributed by atoms with E-state index in [0.29, 0.717) is 5.69 Å². The molecule has 0 aliphatic heterocycles. The van der Waals surface area contributed by atoms with E-state index in [9.17, 15) is 4.39 Å². The van der Waals surface area contributed by atoms with Crippen molar-refractivity contribution >= 4 is 23.2 Å². The van der Waals surface area contributed by atoms with Crippen LogP contribution in [0.2, 0.25) is 10.3 Å². The molecule has 90 valence electrons. The van der Waals surface area contributed by atoms with Crippen LogP contribution in [0.15, 0.2) is 12.3 Å². The van der Waals surface area contributed by atoms with Gasteiger partial charge in [-0.2, -0.15) is 5.10 Å². The molecule has 0 saturated carbocycles. The van der Waals surface area contributed by atoms with Crippen LogP contribution >= 0.6 is 23.2 Å². The molecular formula is C10H9Cl2FN4. The van der Waals surface area contributed by atoms with Gasteiger partial charge in [-0.3, -0.25) is 4.68 Å². The largest absolute Gasteiger partial charge is 0.262 e. The molecule has 0 amide bonds. The Bertz CT molecular complexity index is 518. The van der Waals surface area contributed by atoms with Crippen molar-refractivity contribution in [3.8, 4) is 11.5 Å². The molecule has 0 saturated heterocycles. The predicted octanol–water partition coefficient (Wildman–Crippen LogP) is 3.20. The minimum absolute atomic E-state index is 0.271. The van der Waals surface area contributed by atoms with E-state index in [1.807, 2.05) is 6.92 Å². The van der Waals surface area contributed by atoms with Gasteiger partial charge in [-0.15, -0.1) is 0 Å². The van der Waals surface area contributed by atoms with Crippen molar-refractivity contribution in [3.05, 3.63) is 28.4 Å². The van der Waals surface area contributed by atoms with Gasteiger partial charge in [0.1, 0.15) is 5.69 Å². The average molecular weight is 275 g/mol. The van der Waals surface area contributed by atoms with Crippen LogP contribution < -0.4 is 0 Å². The van der Waals surface area contributed by atoms with E-state index in [-0.39, 0.29) is 16.1 Å². The fourth-order valence-corrected chi connectivity index (χ4v) is 1.81.